The van der Waals surface area contributed by atoms with Crippen LogP contribution >= 0.6 is 15.9 Å². The smallest absolute Gasteiger partial charge is 0.307 e. The molecule has 7 nitrogen and oxygen atoms in total. The van der Waals surface area contributed by atoms with Crippen molar-refractivity contribution in [3.8, 4) is 17.5 Å². The molecule has 1 amide bonds. The van der Waals surface area contributed by atoms with Crippen LogP contribution in [0.4, 0.5) is 0 Å². The molecule has 8 heteroatoms. The van der Waals surface area contributed by atoms with E-state index in [1.54, 1.807) is 24.4 Å². The molecule has 0 fully saturated rings. The lowest BCUT2D eigenvalue weighted by Crippen LogP contribution is -2.16. The zero-order chi connectivity index (χ0) is 26.6. The standard InChI is InChI=1S/C30H23BrN4O3/c1-19-13-24(17-33-34-30(36)29-15-23-14-25(31)7-12-28(23)38-29)20(2)35(19)26-8-10-27(11-9-26)37-18-22-6-4-3-5-21(22)16-32/h3-15,17H,18H2,1-2H3,(H,34,36)/b33-17+. The van der Waals surface area contributed by atoms with Gasteiger partial charge >= 0.3 is 5.91 Å². The lowest BCUT2D eigenvalue weighted by molar-refractivity contribution is 0.0929. The van der Waals surface area contributed by atoms with E-state index in [0.29, 0.717) is 23.5 Å². The lowest BCUT2D eigenvalue weighted by Gasteiger charge is -2.12. The van der Waals surface area contributed by atoms with Crippen LogP contribution in [0.3, 0.4) is 0 Å². The average Bonchev–Trinajstić information content (AvgIpc) is 3.47. The number of rotatable bonds is 7. The van der Waals surface area contributed by atoms with Crippen LogP contribution in [0, 0.1) is 25.2 Å². The molecule has 188 valence electrons. The first-order valence-electron chi connectivity index (χ1n) is 11.9. The van der Waals surface area contributed by atoms with Crippen molar-refractivity contribution < 1.29 is 13.9 Å². The van der Waals surface area contributed by atoms with E-state index in [1.165, 1.54) is 0 Å². The molecule has 0 bridgehead atoms. The van der Waals surface area contributed by atoms with Gasteiger partial charge in [-0.3, -0.25) is 4.79 Å². The quantitative estimate of drug-likeness (QED) is 0.173. The molecule has 0 unspecified atom stereocenters. The minimum atomic E-state index is -0.421. The summed E-state index contributed by atoms with van der Waals surface area (Å²) in [4.78, 5) is 12.5. The van der Waals surface area contributed by atoms with E-state index in [1.807, 2.05) is 74.5 Å². The van der Waals surface area contributed by atoms with Crippen molar-refractivity contribution >= 4 is 39.0 Å². The highest BCUT2D eigenvalue weighted by molar-refractivity contribution is 9.10. The largest absolute Gasteiger partial charge is 0.489 e. The van der Waals surface area contributed by atoms with Gasteiger partial charge in [-0.1, -0.05) is 34.1 Å². The maximum atomic E-state index is 12.5. The Bertz CT molecular complexity index is 1710. The maximum Gasteiger partial charge on any atom is 0.307 e. The minimum Gasteiger partial charge on any atom is -0.489 e. The number of carbonyl (C=O) groups excluding carboxylic acids is 1. The Kier molecular flexibility index (Phi) is 7.11. The normalized spacial score (nSPS) is 11.1. The number of halogens is 1. The van der Waals surface area contributed by atoms with Crippen molar-refractivity contribution in [2.24, 2.45) is 5.10 Å². The SMILES string of the molecule is Cc1cc(/C=N/NC(=O)c2cc3cc(Br)ccc3o2)c(C)n1-c1ccc(OCc2ccccc2C#N)cc1. The van der Waals surface area contributed by atoms with Gasteiger partial charge in [0.05, 0.1) is 17.8 Å². The number of fused-ring (bicyclic) bond motifs is 1. The van der Waals surface area contributed by atoms with Crippen LogP contribution in [-0.4, -0.2) is 16.7 Å². The Hall–Kier alpha value is -4.61. The van der Waals surface area contributed by atoms with E-state index in [9.17, 15) is 10.1 Å². The van der Waals surface area contributed by atoms with Crippen molar-refractivity contribution in [2.45, 2.75) is 20.5 Å². The molecule has 0 saturated carbocycles. The summed E-state index contributed by atoms with van der Waals surface area (Å²) in [5.74, 6) is 0.487. The number of aryl methyl sites for hydroxylation is 1. The highest BCUT2D eigenvalue weighted by Gasteiger charge is 2.13. The van der Waals surface area contributed by atoms with Gasteiger partial charge in [0, 0.05) is 38.1 Å². The number of carbonyl (C=O) groups is 1. The molecule has 0 saturated heterocycles. The number of ether oxygens (including phenoxy) is 1. The van der Waals surface area contributed by atoms with Crippen LogP contribution in [0.5, 0.6) is 5.75 Å². The van der Waals surface area contributed by atoms with Gasteiger partial charge in [-0.05, 0) is 74.5 Å². The molecule has 3 aromatic carbocycles. The number of hydrazone groups is 1. The predicted molar refractivity (Wildman–Crippen MR) is 150 cm³/mol. The molecular formula is C30H23BrN4O3. The minimum absolute atomic E-state index is 0.194. The van der Waals surface area contributed by atoms with E-state index in [-0.39, 0.29) is 5.76 Å². The van der Waals surface area contributed by atoms with Gasteiger partial charge in [-0.15, -0.1) is 0 Å². The summed E-state index contributed by atoms with van der Waals surface area (Å²) >= 11 is 3.42. The molecule has 38 heavy (non-hydrogen) atoms. The van der Waals surface area contributed by atoms with Crippen LogP contribution in [-0.2, 0) is 6.61 Å². The molecule has 2 heterocycles. The number of amides is 1. The summed E-state index contributed by atoms with van der Waals surface area (Å²) < 4.78 is 14.5. The molecule has 2 aromatic heterocycles. The molecule has 1 N–H and O–H groups in total. The Labute approximate surface area is 228 Å². The van der Waals surface area contributed by atoms with Gasteiger partial charge < -0.3 is 13.7 Å². The first kappa shape index (κ1) is 25.1. The first-order chi connectivity index (χ1) is 18.4. The van der Waals surface area contributed by atoms with E-state index >= 15 is 0 Å². The number of benzene rings is 3. The first-order valence-corrected chi connectivity index (χ1v) is 12.6. The predicted octanol–water partition coefficient (Wildman–Crippen LogP) is 6.82. The molecule has 0 spiro atoms. The summed E-state index contributed by atoms with van der Waals surface area (Å²) in [5, 5.41) is 14.2. The zero-order valence-corrected chi connectivity index (χ0v) is 22.3. The number of aromatic nitrogens is 1. The monoisotopic (exact) mass is 566 g/mol. The van der Waals surface area contributed by atoms with Gasteiger partial charge in [0.2, 0.25) is 0 Å². The fourth-order valence-corrected chi connectivity index (χ4v) is 4.64. The Morgan fingerprint density at radius 3 is 2.68 bits per heavy atom. The van der Waals surface area contributed by atoms with E-state index in [4.69, 9.17) is 9.15 Å². The number of nitriles is 1. The van der Waals surface area contributed by atoms with Crippen LogP contribution < -0.4 is 10.2 Å². The van der Waals surface area contributed by atoms with E-state index in [0.717, 1.165) is 38.1 Å². The van der Waals surface area contributed by atoms with Crippen molar-refractivity contribution in [3.05, 3.63) is 117 Å². The van der Waals surface area contributed by atoms with Crippen LogP contribution in [0.25, 0.3) is 16.7 Å². The second-order valence-electron chi connectivity index (χ2n) is 8.71. The second kappa shape index (κ2) is 10.8. The number of hydrogen-bond donors (Lipinski definition) is 1. The molecule has 0 aliphatic rings. The highest BCUT2D eigenvalue weighted by Crippen LogP contribution is 2.24. The van der Waals surface area contributed by atoms with Crippen molar-refractivity contribution in [3.63, 3.8) is 0 Å². The van der Waals surface area contributed by atoms with Crippen LogP contribution in [0.2, 0.25) is 0 Å². The molecule has 0 aliphatic heterocycles. The van der Waals surface area contributed by atoms with Crippen molar-refractivity contribution in [1.29, 1.82) is 5.26 Å². The third kappa shape index (κ3) is 5.24. The third-order valence-electron chi connectivity index (χ3n) is 6.17. The molecule has 5 aromatic rings. The van der Waals surface area contributed by atoms with Gasteiger partial charge in [-0.2, -0.15) is 10.4 Å². The van der Waals surface area contributed by atoms with Gasteiger partial charge in [0.15, 0.2) is 5.76 Å². The Morgan fingerprint density at radius 1 is 1.11 bits per heavy atom. The fourth-order valence-electron chi connectivity index (χ4n) is 4.27. The van der Waals surface area contributed by atoms with E-state index < -0.39 is 5.91 Å². The summed E-state index contributed by atoms with van der Waals surface area (Å²) in [6.45, 7) is 4.33. The third-order valence-corrected chi connectivity index (χ3v) is 6.66. The molecule has 5 rings (SSSR count). The summed E-state index contributed by atoms with van der Waals surface area (Å²) in [6, 6.07) is 26.6. The van der Waals surface area contributed by atoms with Gasteiger partial charge in [0.25, 0.3) is 0 Å². The second-order valence-corrected chi connectivity index (χ2v) is 9.62. The molecule has 0 aliphatic carbocycles. The topological polar surface area (TPSA) is 92.6 Å². The Morgan fingerprint density at radius 2 is 1.89 bits per heavy atom. The van der Waals surface area contributed by atoms with Crippen LogP contribution in [0.15, 0.2) is 92.9 Å². The van der Waals surface area contributed by atoms with Gasteiger partial charge in [-0.25, -0.2) is 5.43 Å². The molecule has 0 atom stereocenters. The molecule has 0 radical (unpaired) electrons. The summed E-state index contributed by atoms with van der Waals surface area (Å²) in [6.07, 6.45) is 1.63. The lowest BCUT2D eigenvalue weighted by atomic mass is 10.1. The highest BCUT2D eigenvalue weighted by atomic mass is 79.9. The number of nitrogens with one attached hydrogen (secondary N) is 1. The van der Waals surface area contributed by atoms with Crippen LogP contribution in [0.1, 0.15) is 38.6 Å². The Balaban J connectivity index is 1.26. The number of hydrogen-bond acceptors (Lipinski definition) is 5. The average molecular weight is 567 g/mol. The summed E-state index contributed by atoms with van der Waals surface area (Å²) in [5.41, 5.74) is 8.49. The van der Waals surface area contributed by atoms with Crippen molar-refractivity contribution in [1.82, 2.24) is 9.99 Å². The van der Waals surface area contributed by atoms with Crippen molar-refractivity contribution in [2.75, 3.05) is 0 Å². The number of nitrogens with zero attached hydrogens (tertiary/aromatic N) is 3. The maximum absolute atomic E-state index is 12.5. The van der Waals surface area contributed by atoms with Gasteiger partial charge in [0.1, 0.15) is 17.9 Å². The number of furan rings is 1. The molecular weight excluding hydrogens is 544 g/mol. The summed E-state index contributed by atoms with van der Waals surface area (Å²) in [7, 11) is 0. The van der Waals surface area contributed by atoms with E-state index in [2.05, 4.69) is 37.1 Å². The fraction of sp³-hybridized carbons (Fsp3) is 0.100. The zero-order valence-electron chi connectivity index (χ0n) is 20.7.